The Balaban J connectivity index is 2.76. The van der Waals surface area contributed by atoms with Crippen molar-refractivity contribution in [1.29, 1.82) is 0 Å². The van der Waals surface area contributed by atoms with E-state index in [4.69, 9.17) is 4.74 Å². The van der Waals surface area contributed by atoms with Crippen LogP contribution < -0.4 is 9.64 Å². The highest BCUT2D eigenvalue weighted by molar-refractivity contribution is 5.69. The van der Waals surface area contributed by atoms with E-state index in [0.29, 0.717) is 6.42 Å². The van der Waals surface area contributed by atoms with Crippen LogP contribution in [-0.2, 0) is 9.53 Å². The van der Waals surface area contributed by atoms with Gasteiger partial charge in [0.15, 0.2) is 0 Å². The van der Waals surface area contributed by atoms with Gasteiger partial charge in [0.05, 0.1) is 19.9 Å². The van der Waals surface area contributed by atoms with Crippen molar-refractivity contribution in [2.45, 2.75) is 26.7 Å². The quantitative estimate of drug-likeness (QED) is 0.741. The summed E-state index contributed by atoms with van der Waals surface area (Å²) in [7, 11) is 5.11. The van der Waals surface area contributed by atoms with Gasteiger partial charge in [0.2, 0.25) is 0 Å². The molecule has 0 fully saturated rings. The molecule has 19 heavy (non-hydrogen) atoms. The minimum absolute atomic E-state index is 0.166. The highest BCUT2D eigenvalue weighted by Gasteiger charge is 2.12. The van der Waals surface area contributed by atoms with Crippen LogP contribution in [0.4, 0.5) is 5.69 Å². The third-order valence-corrected chi connectivity index (χ3v) is 3.11. The predicted octanol–water partition coefficient (Wildman–Crippen LogP) is 2.70. The van der Waals surface area contributed by atoms with Gasteiger partial charge >= 0.3 is 5.97 Å². The molecule has 0 atom stereocenters. The number of methoxy groups -OCH3 is 2. The fourth-order valence-corrected chi connectivity index (χ4v) is 2.24. The second kappa shape index (κ2) is 7.02. The molecule has 0 aliphatic heterocycles. The Kier molecular flexibility index (Phi) is 5.67. The summed E-state index contributed by atoms with van der Waals surface area (Å²) in [5, 5.41) is 0. The molecule has 4 nitrogen and oxygen atoms in total. The molecular formula is C15H23NO3. The summed E-state index contributed by atoms with van der Waals surface area (Å²) in [6, 6.07) is 4.16. The molecule has 0 spiro atoms. The van der Waals surface area contributed by atoms with Gasteiger partial charge in [-0.05, 0) is 37.5 Å². The number of anilines is 1. The van der Waals surface area contributed by atoms with Crippen molar-refractivity contribution >= 4 is 11.7 Å². The van der Waals surface area contributed by atoms with Crippen molar-refractivity contribution in [2.75, 3.05) is 32.7 Å². The number of hydrogen-bond acceptors (Lipinski definition) is 4. The average Bonchev–Trinajstić information content (AvgIpc) is 2.37. The lowest BCUT2D eigenvalue weighted by molar-refractivity contribution is -0.140. The summed E-state index contributed by atoms with van der Waals surface area (Å²) in [6.07, 6.45) is 1.20. The third kappa shape index (κ3) is 4.16. The van der Waals surface area contributed by atoms with Gasteiger partial charge in [0, 0.05) is 20.0 Å². The van der Waals surface area contributed by atoms with Crippen molar-refractivity contribution in [3.63, 3.8) is 0 Å². The average molecular weight is 265 g/mol. The molecule has 0 aromatic heterocycles. The van der Waals surface area contributed by atoms with Gasteiger partial charge < -0.3 is 14.4 Å². The van der Waals surface area contributed by atoms with E-state index in [1.54, 1.807) is 7.11 Å². The summed E-state index contributed by atoms with van der Waals surface area (Å²) in [5.74, 6) is 0.707. The maximum atomic E-state index is 11.1. The fraction of sp³-hybridized carbons (Fsp3) is 0.533. The number of nitrogens with zero attached hydrogens (tertiary/aromatic N) is 1. The number of aryl methyl sites for hydroxylation is 2. The van der Waals surface area contributed by atoms with Gasteiger partial charge in [0.25, 0.3) is 0 Å². The number of carbonyl (C=O) groups is 1. The van der Waals surface area contributed by atoms with E-state index in [0.717, 1.165) is 24.4 Å². The first-order chi connectivity index (χ1) is 8.99. The van der Waals surface area contributed by atoms with Crippen molar-refractivity contribution < 1.29 is 14.3 Å². The standard InChI is InChI=1S/C15H23NO3/c1-11-9-12(2)15(13(10-11)18-4)16(3)8-6-7-14(17)19-5/h9-10H,6-8H2,1-5H3. The van der Waals surface area contributed by atoms with Crippen molar-refractivity contribution in [2.24, 2.45) is 0 Å². The zero-order valence-corrected chi connectivity index (χ0v) is 12.4. The van der Waals surface area contributed by atoms with E-state index in [9.17, 15) is 4.79 Å². The van der Waals surface area contributed by atoms with Gasteiger partial charge in [-0.25, -0.2) is 0 Å². The molecule has 0 amide bonds. The first kappa shape index (κ1) is 15.3. The normalized spacial score (nSPS) is 10.2. The van der Waals surface area contributed by atoms with Gasteiger partial charge in [-0.15, -0.1) is 0 Å². The summed E-state index contributed by atoms with van der Waals surface area (Å²) in [5.41, 5.74) is 3.44. The van der Waals surface area contributed by atoms with Crippen LogP contribution in [0.3, 0.4) is 0 Å². The Labute approximate surface area is 115 Å². The minimum atomic E-state index is -0.166. The Bertz CT molecular complexity index is 443. The monoisotopic (exact) mass is 265 g/mol. The molecule has 0 aliphatic carbocycles. The van der Waals surface area contributed by atoms with Gasteiger partial charge in [-0.3, -0.25) is 4.79 Å². The molecule has 0 radical (unpaired) electrons. The maximum Gasteiger partial charge on any atom is 0.305 e. The van der Waals surface area contributed by atoms with Crippen LogP contribution in [0.5, 0.6) is 5.75 Å². The number of esters is 1. The van der Waals surface area contributed by atoms with E-state index < -0.39 is 0 Å². The summed E-state index contributed by atoms with van der Waals surface area (Å²) < 4.78 is 10.1. The van der Waals surface area contributed by atoms with Crippen LogP contribution in [0.1, 0.15) is 24.0 Å². The molecule has 0 aliphatic rings. The van der Waals surface area contributed by atoms with Crippen molar-refractivity contribution in [1.82, 2.24) is 0 Å². The lowest BCUT2D eigenvalue weighted by Gasteiger charge is -2.24. The third-order valence-electron chi connectivity index (χ3n) is 3.11. The van der Waals surface area contributed by atoms with E-state index in [-0.39, 0.29) is 5.97 Å². The van der Waals surface area contributed by atoms with Crippen molar-refractivity contribution in [3.05, 3.63) is 23.3 Å². The molecule has 0 unspecified atom stereocenters. The van der Waals surface area contributed by atoms with Crippen LogP contribution in [0.2, 0.25) is 0 Å². The van der Waals surface area contributed by atoms with E-state index in [1.807, 2.05) is 13.1 Å². The molecular weight excluding hydrogens is 242 g/mol. The number of carbonyl (C=O) groups excluding carboxylic acids is 1. The van der Waals surface area contributed by atoms with E-state index in [2.05, 4.69) is 29.6 Å². The first-order valence-electron chi connectivity index (χ1n) is 6.42. The molecule has 4 heteroatoms. The van der Waals surface area contributed by atoms with Crippen LogP contribution in [0.25, 0.3) is 0 Å². The van der Waals surface area contributed by atoms with Gasteiger partial charge in [-0.1, -0.05) is 6.07 Å². The number of hydrogen-bond donors (Lipinski definition) is 0. The largest absolute Gasteiger partial charge is 0.495 e. The lowest BCUT2D eigenvalue weighted by Crippen LogP contribution is -2.21. The summed E-state index contributed by atoms with van der Waals surface area (Å²) in [6.45, 7) is 4.91. The predicted molar refractivity (Wildman–Crippen MR) is 77.0 cm³/mol. The molecule has 1 aromatic carbocycles. The molecule has 0 saturated carbocycles. The smallest absolute Gasteiger partial charge is 0.305 e. The number of ether oxygens (including phenoxy) is 2. The van der Waals surface area contributed by atoms with Crippen LogP contribution in [0, 0.1) is 13.8 Å². The van der Waals surface area contributed by atoms with Gasteiger partial charge in [0.1, 0.15) is 5.75 Å². The highest BCUT2D eigenvalue weighted by atomic mass is 16.5. The Hall–Kier alpha value is -1.71. The number of rotatable bonds is 6. The fourth-order valence-electron chi connectivity index (χ4n) is 2.24. The molecule has 0 saturated heterocycles. The maximum absolute atomic E-state index is 11.1. The molecule has 0 heterocycles. The zero-order valence-electron chi connectivity index (χ0n) is 12.4. The summed E-state index contributed by atoms with van der Waals surface area (Å²) in [4.78, 5) is 13.2. The minimum Gasteiger partial charge on any atom is -0.495 e. The van der Waals surface area contributed by atoms with Crippen LogP contribution in [-0.4, -0.2) is 33.8 Å². The lowest BCUT2D eigenvalue weighted by atomic mass is 10.1. The van der Waals surface area contributed by atoms with Gasteiger partial charge in [-0.2, -0.15) is 0 Å². The van der Waals surface area contributed by atoms with Crippen LogP contribution >= 0.6 is 0 Å². The Morgan fingerprint density at radius 3 is 2.53 bits per heavy atom. The Morgan fingerprint density at radius 2 is 1.95 bits per heavy atom. The van der Waals surface area contributed by atoms with Crippen LogP contribution in [0.15, 0.2) is 12.1 Å². The van der Waals surface area contributed by atoms with E-state index in [1.165, 1.54) is 18.2 Å². The zero-order chi connectivity index (χ0) is 14.4. The molecule has 0 N–H and O–H groups in total. The molecule has 1 rings (SSSR count). The SMILES string of the molecule is COC(=O)CCCN(C)c1c(C)cc(C)cc1OC. The molecule has 0 bridgehead atoms. The second-order valence-corrected chi connectivity index (χ2v) is 4.73. The molecule has 106 valence electrons. The highest BCUT2D eigenvalue weighted by Crippen LogP contribution is 2.32. The van der Waals surface area contributed by atoms with Crippen molar-refractivity contribution in [3.8, 4) is 5.75 Å². The number of benzene rings is 1. The van der Waals surface area contributed by atoms with E-state index >= 15 is 0 Å². The Morgan fingerprint density at radius 1 is 1.26 bits per heavy atom. The first-order valence-corrected chi connectivity index (χ1v) is 6.42. The topological polar surface area (TPSA) is 38.8 Å². The second-order valence-electron chi connectivity index (χ2n) is 4.73. The summed E-state index contributed by atoms with van der Waals surface area (Å²) >= 11 is 0. The molecule has 1 aromatic rings.